The summed E-state index contributed by atoms with van der Waals surface area (Å²) in [5.74, 6) is -0.817. The Labute approximate surface area is 80.4 Å². The standard InChI is InChI=1S/C9H11NO2S/c11-9(12)8-6(3-4-13-8)5-10-7-1-2-7/h3-4,7,10H,1-2,5H2,(H,11,12). The van der Waals surface area contributed by atoms with Crippen molar-refractivity contribution in [2.45, 2.75) is 25.4 Å². The largest absolute Gasteiger partial charge is 0.477 e. The minimum Gasteiger partial charge on any atom is -0.477 e. The van der Waals surface area contributed by atoms with E-state index in [1.165, 1.54) is 24.2 Å². The molecule has 1 heterocycles. The molecule has 0 aromatic carbocycles. The number of hydrogen-bond donors (Lipinski definition) is 2. The third-order valence-corrected chi connectivity index (χ3v) is 3.04. The molecule has 3 nitrogen and oxygen atoms in total. The van der Waals surface area contributed by atoms with Gasteiger partial charge in [-0.25, -0.2) is 4.79 Å². The highest BCUT2D eigenvalue weighted by Crippen LogP contribution is 2.21. The number of nitrogens with one attached hydrogen (secondary N) is 1. The van der Waals surface area contributed by atoms with Crippen LogP contribution < -0.4 is 5.32 Å². The Bertz CT molecular complexity index is 317. The van der Waals surface area contributed by atoms with Crippen molar-refractivity contribution in [1.82, 2.24) is 5.32 Å². The summed E-state index contributed by atoms with van der Waals surface area (Å²) in [6, 6.07) is 2.50. The van der Waals surface area contributed by atoms with Gasteiger partial charge < -0.3 is 10.4 Å². The molecule has 70 valence electrons. The Hall–Kier alpha value is -0.870. The fourth-order valence-electron chi connectivity index (χ4n) is 1.20. The lowest BCUT2D eigenvalue weighted by Gasteiger charge is -2.01. The average molecular weight is 197 g/mol. The molecule has 1 aliphatic rings. The highest BCUT2D eigenvalue weighted by molar-refractivity contribution is 7.12. The van der Waals surface area contributed by atoms with E-state index in [1.807, 2.05) is 11.4 Å². The van der Waals surface area contributed by atoms with Gasteiger partial charge in [-0.1, -0.05) is 0 Å². The van der Waals surface area contributed by atoms with Gasteiger partial charge >= 0.3 is 5.97 Å². The zero-order chi connectivity index (χ0) is 9.26. The van der Waals surface area contributed by atoms with Gasteiger partial charge in [-0.05, 0) is 29.9 Å². The molecule has 2 N–H and O–H groups in total. The SMILES string of the molecule is O=C(O)c1sccc1CNC1CC1. The first-order valence-corrected chi connectivity index (χ1v) is 5.18. The van der Waals surface area contributed by atoms with Crippen LogP contribution in [0.25, 0.3) is 0 Å². The lowest BCUT2D eigenvalue weighted by Crippen LogP contribution is -2.16. The van der Waals surface area contributed by atoms with Crippen LogP contribution in [0.1, 0.15) is 28.1 Å². The van der Waals surface area contributed by atoms with E-state index in [1.54, 1.807) is 0 Å². The summed E-state index contributed by atoms with van der Waals surface area (Å²) in [6.45, 7) is 0.690. The number of rotatable bonds is 4. The molecule has 1 aromatic rings. The summed E-state index contributed by atoms with van der Waals surface area (Å²) in [5.41, 5.74) is 0.907. The maximum atomic E-state index is 10.7. The Morgan fingerprint density at radius 3 is 3.08 bits per heavy atom. The average Bonchev–Trinajstić information content (AvgIpc) is 2.79. The van der Waals surface area contributed by atoms with E-state index in [4.69, 9.17) is 5.11 Å². The highest BCUT2D eigenvalue weighted by atomic mass is 32.1. The molecule has 0 atom stereocenters. The smallest absolute Gasteiger partial charge is 0.346 e. The van der Waals surface area contributed by atoms with Crippen LogP contribution in [0.15, 0.2) is 11.4 Å². The molecule has 2 rings (SSSR count). The molecule has 4 heteroatoms. The monoisotopic (exact) mass is 197 g/mol. The Balaban J connectivity index is 2.00. The minimum atomic E-state index is -0.817. The number of hydrogen-bond acceptors (Lipinski definition) is 3. The first kappa shape index (κ1) is 8.72. The molecular formula is C9H11NO2S. The van der Waals surface area contributed by atoms with Crippen molar-refractivity contribution in [1.29, 1.82) is 0 Å². The number of aromatic carboxylic acids is 1. The van der Waals surface area contributed by atoms with Gasteiger partial charge in [0.05, 0.1) is 0 Å². The Kier molecular flexibility index (Phi) is 2.33. The van der Waals surface area contributed by atoms with Crippen molar-refractivity contribution in [3.8, 4) is 0 Å². The summed E-state index contributed by atoms with van der Waals surface area (Å²) in [7, 11) is 0. The van der Waals surface area contributed by atoms with E-state index in [-0.39, 0.29) is 0 Å². The van der Waals surface area contributed by atoms with Crippen LogP contribution in [0, 0.1) is 0 Å². The van der Waals surface area contributed by atoms with Gasteiger partial charge in [-0.3, -0.25) is 0 Å². The van der Waals surface area contributed by atoms with Gasteiger partial charge in [0.1, 0.15) is 4.88 Å². The van der Waals surface area contributed by atoms with E-state index in [2.05, 4.69) is 5.32 Å². The van der Waals surface area contributed by atoms with Gasteiger partial charge in [0.15, 0.2) is 0 Å². The molecule has 1 aliphatic carbocycles. The lowest BCUT2D eigenvalue weighted by atomic mass is 10.2. The van der Waals surface area contributed by atoms with Crippen LogP contribution in [0.4, 0.5) is 0 Å². The normalized spacial score (nSPS) is 16.0. The van der Waals surface area contributed by atoms with Crippen LogP contribution in [-0.4, -0.2) is 17.1 Å². The molecule has 0 saturated heterocycles. The predicted octanol–water partition coefficient (Wildman–Crippen LogP) is 1.70. The lowest BCUT2D eigenvalue weighted by molar-refractivity contribution is 0.0701. The first-order chi connectivity index (χ1) is 6.27. The third kappa shape index (κ3) is 2.08. The van der Waals surface area contributed by atoms with Crippen molar-refractivity contribution in [2.24, 2.45) is 0 Å². The molecule has 0 aliphatic heterocycles. The summed E-state index contributed by atoms with van der Waals surface area (Å²) >= 11 is 1.29. The molecule has 0 spiro atoms. The maximum absolute atomic E-state index is 10.7. The second kappa shape index (κ2) is 3.47. The van der Waals surface area contributed by atoms with Crippen molar-refractivity contribution in [2.75, 3.05) is 0 Å². The van der Waals surface area contributed by atoms with Gasteiger partial charge in [0.2, 0.25) is 0 Å². The van der Waals surface area contributed by atoms with Crippen LogP contribution in [0.3, 0.4) is 0 Å². The third-order valence-electron chi connectivity index (χ3n) is 2.10. The summed E-state index contributed by atoms with van der Waals surface area (Å²) in [4.78, 5) is 11.2. The van der Waals surface area contributed by atoms with E-state index in [9.17, 15) is 4.79 Å². The summed E-state index contributed by atoms with van der Waals surface area (Å²) < 4.78 is 0. The van der Waals surface area contributed by atoms with Crippen molar-refractivity contribution in [3.63, 3.8) is 0 Å². The molecular weight excluding hydrogens is 186 g/mol. The van der Waals surface area contributed by atoms with E-state index < -0.39 is 5.97 Å². The summed E-state index contributed by atoms with van der Waals surface area (Å²) in [5, 5.41) is 13.9. The Morgan fingerprint density at radius 2 is 2.46 bits per heavy atom. The summed E-state index contributed by atoms with van der Waals surface area (Å²) in [6.07, 6.45) is 2.46. The molecule has 0 radical (unpaired) electrons. The first-order valence-electron chi connectivity index (χ1n) is 4.30. The minimum absolute atomic E-state index is 0.466. The number of thiophene rings is 1. The molecule has 0 unspecified atom stereocenters. The zero-order valence-corrected chi connectivity index (χ0v) is 7.93. The molecule has 1 saturated carbocycles. The topological polar surface area (TPSA) is 49.3 Å². The fourth-order valence-corrected chi connectivity index (χ4v) is 1.97. The molecule has 0 amide bonds. The second-order valence-electron chi connectivity index (χ2n) is 3.24. The van der Waals surface area contributed by atoms with Crippen LogP contribution in [-0.2, 0) is 6.54 Å². The van der Waals surface area contributed by atoms with Crippen LogP contribution in [0.5, 0.6) is 0 Å². The van der Waals surface area contributed by atoms with Gasteiger partial charge in [0, 0.05) is 12.6 Å². The van der Waals surface area contributed by atoms with E-state index in [0.29, 0.717) is 17.5 Å². The predicted molar refractivity (Wildman–Crippen MR) is 51.1 cm³/mol. The van der Waals surface area contributed by atoms with Crippen LogP contribution in [0.2, 0.25) is 0 Å². The molecule has 13 heavy (non-hydrogen) atoms. The fraction of sp³-hybridized carbons (Fsp3) is 0.444. The highest BCUT2D eigenvalue weighted by Gasteiger charge is 2.21. The van der Waals surface area contributed by atoms with E-state index in [0.717, 1.165) is 5.56 Å². The van der Waals surface area contributed by atoms with Crippen molar-refractivity contribution in [3.05, 3.63) is 21.9 Å². The molecule has 1 aromatic heterocycles. The number of carboxylic acid groups (broad SMARTS) is 1. The quantitative estimate of drug-likeness (QED) is 0.772. The maximum Gasteiger partial charge on any atom is 0.346 e. The second-order valence-corrected chi connectivity index (χ2v) is 4.15. The molecule has 0 bridgehead atoms. The number of carboxylic acids is 1. The van der Waals surface area contributed by atoms with Gasteiger partial charge in [-0.15, -0.1) is 11.3 Å². The molecule has 1 fully saturated rings. The zero-order valence-electron chi connectivity index (χ0n) is 7.12. The van der Waals surface area contributed by atoms with Gasteiger partial charge in [-0.2, -0.15) is 0 Å². The Morgan fingerprint density at radius 1 is 1.69 bits per heavy atom. The van der Waals surface area contributed by atoms with E-state index >= 15 is 0 Å². The number of carbonyl (C=O) groups is 1. The van der Waals surface area contributed by atoms with Crippen LogP contribution >= 0.6 is 11.3 Å². The van der Waals surface area contributed by atoms with Crippen molar-refractivity contribution < 1.29 is 9.90 Å². The van der Waals surface area contributed by atoms with Crippen molar-refractivity contribution >= 4 is 17.3 Å². The van der Waals surface area contributed by atoms with Gasteiger partial charge in [0.25, 0.3) is 0 Å².